The molecular formula is C24H24O6S2. The molecule has 0 N–H and O–H groups in total. The first-order chi connectivity index (χ1) is 15.4. The van der Waals surface area contributed by atoms with Gasteiger partial charge in [0.15, 0.2) is 0 Å². The molecule has 1 aliphatic carbocycles. The zero-order valence-corrected chi connectivity index (χ0v) is 19.5. The number of hydrogen-bond acceptors (Lipinski definition) is 6. The van der Waals surface area contributed by atoms with Gasteiger partial charge >= 0.3 is 0 Å². The van der Waals surface area contributed by atoms with E-state index in [-0.39, 0.29) is 0 Å². The van der Waals surface area contributed by atoms with E-state index in [9.17, 15) is 8.42 Å². The first kappa shape index (κ1) is 21.9. The monoisotopic (exact) mass is 472 g/mol. The third-order valence-corrected chi connectivity index (χ3v) is 7.72. The number of ether oxygens (including phenoxy) is 4. The van der Waals surface area contributed by atoms with Crippen molar-refractivity contribution < 1.29 is 27.4 Å². The van der Waals surface area contributed by atoms with Crippen molar-refractivity contribution in [3.05, 3.63) is 71.8 Å². The normalized spacial score (nSPS) is 23.2. The van der Waals surface area contributed by atoms with Crippen molar-refractivity contribution in [1.82, 2.24) is 0 Å². The predicted octanol–water partition coefficient (Wildman–Crippen LogP) is 3.13. The first-order valence-electron chi connectivity index (χ1n) is 10.3. The maximum Gasteiger partial charge on any atom is 0.216 e. The third kappa shape index (κ3) is 3.75. The molecule has 8 heteroatoms. The van der Waals surface area contributed by atoms with Gasteiger partial charge in [0.1, 0.15) is 0 Å². The molecule has 6 nitrogen and oxygen atoms in total. The van der Waals surface area contributed by atoms with Gasteiger partial charge in [-0.25, -0.2) is 0 Å². The quantitative estimate of drug-likeness (QED) is 0.681. The van der Waals surface area contributed by atoms with Crippen LogP contribution in [0.1, 0.15) is 11.1 Å². The highest BCUT2D eigenvalue weighted by Crippen LogP contribution is 2.49. The Labute approximate surface area is 192 Å². The molecule has 5 rings (SSSR count). The summed E-state index contributed by atoms with van der Waals surface area (Å²) in [4.78, 5) is 1.50. The van der Waals surface area contributed by atoms with Crippen LogP contribution in [-0.4, -0.2) is 58.9 Å². The lowest BCUT2D eigenvalue weighted by Gasteiger charge is -2.39. The van der Waals surface area contributed by atoms with Crippen LogP contribution >= 0.6 is 0 Å². The van der Waals surface area contributed by atoms with Crippen LogP contribution in [0.5, 0.6) is 0 Å². The molecule has 2 heterocycles. The molecule has 0 amide bonds. The van der Waals surface area contributed by atoms with Gasteiger partial charge in [0.25, 0.3) is 0 Å². The summed E-state index contributed by atoms with van der Waals surface area (Å²) < 4.78 is 48.3. The minimum absolute atomic E-state index is 0.459. The van der Waals surface area contributed by atoms with Crippen LogP contribution in [0.2, 0.25) is 0 Å². The third-order valence-electron chi connectivity index (χ3n) is 5.85. The Morgan fingerprint density at radius 1 is 0.594 bits per heavy atom. The molecule has 2 fully saturated rings. The Kier molecular flexibility index (Phi) is 5.77. The van der Waals surface area contributed by atoms with Crippen molar-refractivity contribution >= 4 is 32.7 Å². The SMILES string of the molecule is CS(=O)c1ccc(C2=CC3(OCCO3)C(c3ccc(S(C)=O)cc3)=CC23OCCO3)cc1. The average molecular weight is 473 g/mol. The lowest BCUT2D eigenvalue weighted by atomic mass is 9.82. The number of hydrogen-bond donors (Lipinski definition) is 0. The van der Waals surface area contributed by atoms with E-state index in [1.165, 1.54) is 0 Å². The zero-order chi connectivity index (χ0) is 22.3. The van der Waals surface area contributed by atoms with E-state index < -0.39 is 33.2 Å². The van der Waals surface area contributed by atoms with Crippen LogP contribution in [0.4, 0.5) is 0 Å². The molecule has 2 aromatic carbocycles. The van der Waals surface area contributed by atoms with Crippen molar-refractivity contribution in [3.8, 4) is 0 Å². The van der Waals surface area contributed by atoms with E-state index in [4.69, 9.17) is 18.9 Å². The summed E-state index contributed by atoms with van der Waals surface area (Å²) in [6, 6.07) is 15.1. The summed E-state index contributed by atoms with van der Waals surface area (Å²) in [5.74, 6) is -2.15. The Bertz CT molecular complexity index is 1030. The fraction of sp³-hybridized carbons (Fsp3) is 0.333. The second-order valence-electron chi connectivity index (χ2n) is 7.80. The van der Waals surface area contributed by atoms with Gasteiger partial charge in [0.2, 0.25) is 11.6 Å². The second-order valence-corrected chi connectivity index (χ2v) is 10.6. The van der Waals surface area contributed by atoms with Gasteiger partial charge in [0, 0.05) is 55.0 Å². The van der Waals surface area contributed by atoms with E-state index in [0.29, 0.717) is 26.4 Å². The summed E-state index contributed by atoms with van der Waals surface area (Å²) in [5, 5.41) is 0. The van der Waals surface area contributed by atoms with E-state index in [1.807, 2.05) is 60.7 Å². The highest BCUT2D eigenvalue weighted by molar-refractivity contribution is 7.84. The Morgan fingerprint density at radius 3 is 1.19 bits per heavy atom. The van der Waals surface area contributed by atoms with Gasteiger partial charge in [0.05, 0.1) is 26.4 Å². The summed E-state index contributed by atoms with van der Waals surface area (Å²) in [6.07, 6.45) is 7.18. The number of benzene rings is 2. The van der Waals surface area contributed by atoms with E-state index >= 15 is 0 Å². The van der Waals surface area contributed by atoms with Gasteiger partial charge < -0.3 is 18.9 Å². The molecule has 2 spiro atoms. The number of rotatable bonds is 4. The van der Waals surface area contributed by atoms with Crippen LogP contribution < -0.4 is 0 Å². The summed E-state index contributed by atoms with van der Waals surface area (Å²) in [5.41, 5.74) is 3.35. The molecule has 2 aliphatic heterocycles. The standard InChI is InChI=1S/C24H24O6S2/c1-31(25)19-7-3-17(4-8-19)21-15-24(29-13-14-30-24)22(16-23(21)27-11-12-28-23)18-5-9-20(10-6-18)32(2)26/h3-10,15-16H,11-14H2,1-2H3. The first-order valence-corrected chi connectivity index (χ1v) is 13.4. The maximum atomic E-state index is 11.8. The fourth-order valence-corrected chi connectivity index (χ4v) is 5.33. The van der Waals surface area contributed by atoms with Gasteiger partial charge in [-0.3, -0.25) is 8.42 Å². The molecule has 2 unspecified atom stereocenters. The topological polar surface area (TPSA) is 71.1 Å². The summed E-state index contributed by atoms with van der Waals surface area (Å²) in [6.45, 7) is 1.84. The van der Waals surface area contributed by atoms with Crippen molar-refractivity contribution in [2.24, 2.45) is 0 Å². The molecule has 0 saturated carbocycles. The Hall–Kier alpha value is -1.94. The molecule has 0 aromatic heterocycles. The zero-order valence-electron chi connectivity index (χ0n) is 17.9. The van der Waals surface area contributed by atoms with Gasteiger partial charge in [-0.1, -0.05) is 24.3 Å². The van der Waals surface area contributed by atoms with Crippen LogP contribution in [-0.2, 0) is 40.5 Å². The summed E-state index contributed by atoms with van der Waals surface area (Å²) in [7, 11) is -2.12. The van der Waals surface area contributed by atoms with E-state index in [1.54, 1.807) is 12.5 Å². The van der Waals surface area contributed by atoms with Crippen molar-refractivity contribution in [2.75, 3.05) is 38.9 Å². The van der Waals surface area contributed by atoms with Gasteiger partial charge in [-0.15, -0.1) is 0 Å². The predicted molar refractivity (Wildman–Crippen MR) is 123 cm³/mol. The van der Waals surface area contributed by atoms with Crippen LogP contribution in [0.15, 0.2) is 70.5 Å². The van der Waals surface area contributed by atoms with Crippen molar-refractivity contribution in [1.29, 1.82) is 0 Å². The Balaban J connectivity index is 1.63. The largest absolute Gasteiger partial charge is 0.340 e. The lowest BCUT2D eigenvalue weighted by Crippen LogP contribution is -2.41. The molecular weight excluding hydrogens is 448 g/mol. The molecule has 0 bridgehead atoms. The highest BCUT2D eigenvalue weighted by atomic mass is 32.2. The van der Waals surface area contributed by atoms with Crippen LogP contribution in [0.25, 0.3) is 11.1 Å². The molecule has 2 atom stereocenters. The second kappa shape index (κ2) is 8.44. The summed E-state index contributed by atoms with van der Waals surface area (Å²) >= 11 is 0. The minimum atomic E-state index is -1.07. The van der Waals surface area contributed by atoms with Crippen LogP contribution in [0.3, 0.4) is 0 Å². The molecule has 0 radical (unpaired) electrons. The van der Waals surface area contributed by atoms with Crippen molar-refractivity contribution in [2.45, 2.75) is 21.4 Å². The smallest absolute Gasteiger partial charge is 0.216 e. The minimum Gasteiger partial charge on any atom is -0.340 e. The molecule has 32 heavy (non-hydrogen) atoms. The molecule has 168 valence electrons. The van der Waals surface area contributed by atoms with Crippen molar-refractivity contribution in [3.63, 3.8) is 0 Å². The van der Waals surface area contributed by atoms with Crippen LogP contribution in [0, 0.1) is 0 Å². The molecule has 2 saturated heterocycles. The van der Waals surface area contributed by atoms with Gasteiger partial charge in [-0.05, 0) is 47.5 Å². The molecule has 2 aromatic rings. The molecule has 3 aliphatic rings. The average Bonchev–Trinajstić information content (AvgIpc) is 3.46. The van der Waals surface area contributed by atoms with Gasteiger partial charge in [-0.2, -0.15) is 0 Å². The Morgan fingerprint density at radius 2 is 0.906 bits per heavy atom. The van der Waals surface area contributed by atoms with E-state index in [2.05, 4.69) is 0 Å². The highest BCUT2D eigenvalue weighted by Gasteiger charge is 2.51. The lowest BCUT2D eigenvalue weighted by molar-refractivity contribution is -0.0907. The fourth-order valence-electron chi connectivity index (χ4n) is 4.29. The van der Waals surface area contributed by atoms with E-state index in [0.717, 1.165) is 32.1 Å². The maximum absolute atomic E-state index is 11.8.